The molecule has 0 saturated carbocycles. The number of unbranched alkanes of at least 4 members (excludes halogenated alkanes) is 11. The molecule has 0 heterocycles. The Morgan fingerprint density at radius 3 is 1.93 bits per heavy atom. The molecule has 1 aromatic carbocycles. The minimum atomic E-state index is -0.456. The molecule has 1 atom stereocenters. The summed E-state index contributed by atoms with van der Waals surface area (Å²) < 4.78 is 0. The SMILES string of the molecule is CCCCCCCCC=CCCCCCCCC(=O)C(N)c1ccccc1. The van der Waals surface area contributed by atoms with Gasteiger partial charge in [-0.3, -0.25) is 4.79 Å². The van der Waals surface area contributed by atoms with E-state index < -0.39 is 6.04 Å². The van der Waals surface area contributed by atoms with E-state index >= 15 is 0 Å². The van der Waals surface area contributed by atoms with Crippen LogP contribution in [-0.4, -0.2) is 5.78 Å². The molecule has 0 fully saturated rings. The minimum Gasteiger partial charge on any atom is -0.318 e. The molecule has 2 heteroatoms. The molecule has 1 unspecified atom stereocenters. The first-order chi connectivity index (χ1) is 13.3. The molecule has 0 spiro atoms. The lowest BCUT2D eigenvalue weighted by Crippen LogP contribution is -2.21. The van der Waals surface area contributed by atoms with Crippen molar-refractivity contribution in [2.24, 2.45) is 5.73 Å². The molecule has 152 valence electrons. The topological polar surface area (TPSA) is 43.1 Å². The van der Waals surface area contributed by atoms with Crippen LogP contribution in [-0.2, 0) is 4.79 Å². The lowest BCUT2D eigenvalue weighted by Gasteiger charge is -2.10. The maximum absolute atomic E-state index is 12.1. The van der Waals surface area contributed by atoms with Crippen molar-refractivity contribution in [1.82, 2.24) is 0 Å². The van der Waals surface area contributed by atoms with Gasteiger partial charge in [-0.1, -0.05) is 101 Å². The zero-order chi connectivity index (χ0) is 19.6. The van der Waals surface area contributed by atoms with Crippen LogP contribution in [0, 0.1) is 0 Å². The van der Waals surface area contributed by atoms with Crippen molar-refractivity contribution in [3.63, 3.8) is 0 Å². The van der Waals surface area contributed by atoms with Crippen molar-refractivity contribution in [2.45, 2.75) is 103 Å². The second kappa shape index (κ2) is 16.7. The van der Waals surface area contributed by atoms with E-state index in [4.69, 9.17) is 5.73 Å². The normalized spacial score (nSPS) is 12.5. The molecule has 0 bridgehead atoms. The van der Waals surface area contributed by atoms with Crippen molar-refractivity contribution in [2.75, 3.05) is 0 Å². The third kappa shape index (κ3) is 12.6. The molecular formula is C25H41NO. The van der Waals surface area contributed by atoms with Gasteiger partial charge in [0.05, 0.1) is 6.04 Å². The van der Waals surface area contributed by atoms with Crippen LogP contribution in [0.1, 0.15) is 108 Å². The predicted molar refractivity (Wildman–Crippen MR) is 118 cm³/mol. The van der Waals surface area contributed by atoms with E-state index in [1.165, 1.54) is 70.6 Å². The van der Waals surface area contributed by atoms with Crippen molar-refractivity contribution < 1.29 is 4.79 Å². The predicted octanol–water partition coefficient (Wildman–Crippen LogP) is 7.29. The first-order valence-electron chi connectivity index (χ1n) is 11.2. The number of nitrogens with two attached hydrogens (primary N) is 1. The summed E-state index contributed by atoms with van der Waals surface area (Å²) in [6.07, 6.45) is 21.9. The molecule has 0 amide bonds. The van der Waals surface area contributed by atoms with Gasteiger partial charge in [0.1, 0.15) is 0 Å². The van der Waals surface area contributed by atoms with Gasteiger partial charge in [-0.05, 0) is 37.7 Å². The number of ketones is 1. The highest BCUT2D eigenvalue weighted by Crippen LogP contribution is 2.15. The van der Waals surface area contributed by atoms with Gasteiger partial charge in [0.25, 0.3) is 0 Å². The lowest BCUT2D eigenvalue weighted by molar-refractivity contribution is -0.120. The van der Waals surface area contributed by atoms with Crippen molar-refractivity contribution in [1.29, 1.82) is 0 Å². The molecule has 0 aliphatic heterocycles. The molecule has 2 nitrogen and oxygen atoms in total. The average Bonchev–Trinajstić information content (AvgIpc) is 2.70. The molecule has 0 aliphatic rings. The van der Waals surface area contributed by atoms with E-state index in [1.54, 1.807) is 0 Å². The molecule has 0 aliphatic carbocycles. The summed E-state index contributed by atoms with van der Waals surface area (Å²) in [7, 11) is 0. The third-order valence-corrected chi connectivity index (χ3v) is 5.19. The van der Waals surface area contributed by atoms with E-state index in [0.717, 1.165) is 18.4 Å². The van der Waals surface area contributed by atoms with Crippen molar-refractivity contribution >= 4 is 5.78 Å². The summed E-state index contributed by atoms with van der Waals surface area (Å²) in [5, 5.41) is 0. The van der Waals surface area contributed by atoms with Crippen LogP contribution >= 0.6 is 0 Å². The number of carbonyl (C=O) groups is 1. The summed E-state index contributed by atoms with van der Waals surface area (Å²) in [6, 6.07) is 9.23. The van der Waals surface area contributed by atoms with Crippen LogP contribution in [0.25, 0.3) is 0 Å². The van der Waals surface area contributed by atoms with E-state index in [0.29, 0.717) is 6.42 Å². The quantitative estimate of drug-likeness (QED) is 0.231. The molecular weight excluding hydrogens is 330 g/mol. The molecule has 1 rings (SSSR count). The minimum absolute atomic E-state index is 0.166. The maximum Gasteiger partial charge on any atom is 0.154 e. The Labute approximate surface area is 167 Å². The molecule has 1 aromatic rings. The number of allylic oxidation sites excluding steroid dienone is 2. The van der Waals surface area contributed by atoms with Gasteiger partial charge in [0, 0.05) is 6.42 Å². The Morgan fingerprint density at radius 2 is 1.33 bits per heavy atom. The highest BCUT2D eigenvalue weighted by atomic mass is 16.1. The first kappa shape index (κ1) is 23.6. The van der Waals surface area contributed by atoms with Gasteiger partial charge in [-0.15, -0.1) is 0 Å². The number of hydrogen-bond acceptors (Lipinski definition) is 2. The standard InChI is InChI=1S/C25H41NO/c1-2-3-4-5-6-7-8-9-10-11-12-13-14-15-19-22-24(27)25(26)23-20-17-16-18-21-23/h9-10,16-18,20-21,25H,2-8,11-15,19,22,26H2,1H3. The zero-order valence-corrected chi connectivity index (χ0v) is 17.5. The summed E-state index contributed by atoms with van der Waals surface area (Å²) >= 11 is 0. The van der Waals surface area contributed by atoms with Crippen LogP contribution < -0.4 is 5.73 Å². The number of carbonyl (C=O) groups excluding carboxylic acids is 1. The molecule has 0 aromatic heterocycles. The van der Waals surface area contributed by atoms with E-state index in [9.17, 15) is 4.79 Å². The van der Waals surface area contributed by atoms with Gasteiger partial charge in [-0.2, -0.15) is 0 Å². The highest BCUT2D eigenvalue weighted by molar-refractivity contribution is 5.84. The molecule has 0 saturated heterocycles. The Hall–Kier alpha value is -1.41. The molecule has 2 N–H and O–H groups in total. The summed E-state index contributed by atoms with van der Waals surface area (Å²) in [5.74, 6) is 0.166. The third-order valence-electron chi connectivity index (χ3n) is 5.19. The monoisotopic (exact) mass is 371 g/mol. The molecule has 27 heavy (non-hydrogen) atoms. The average molecular weight is 372 g/mol. The lowest BCUT2D eigenvalue weighted by atomic mass is 9.99. The summed E-state index contributed by atoms with van der Waals surface area (Å²) in [6.45, 7) is 2.27. The number of hydrogen-bond donors (Lipinski definition) is 1. The Bertz CT molecular complexity index is 494. The van der Waals surface area contributed by atoms with E-state index in [-0.39, 0.29) is 5.78 Å². The maximum atomic E-state index is 12.1. The van der Waals surface area contributed by atoms with Crippen molar-refractivity contribution in [3.05, 3.63) is 48.0 Å². The number of Topliss-reactive ketones (excluding diaryl/α,β-unsaturated/α-hetero) is 1. The smallest absolute Gasteiger partial charge is 0.154 e. The highest BCUT2D eigenvalue weighted by Gasteiger charge is 2.14. The first-order valence-corrected chi connectivity index (χ1v) is 11.2. The van der Waals surface area contributed by atoms with Gasteiger partial charge in [0.15, 0.2) is 5.78 Å². The Balaban J connectivity index is 1.90. The Kier molecular flexibility index (Phi) is 14.7. The Morgan fingerprint density at radius 1 is 0.815 bits per heavy atom. The van der Waals surface area contributed by atoms with Gasteiger partial charge in [0.2, 0.25) is 0 Å². The van der Waals surface area contributed by atoms with Crippen LogP contribution in [0.15, 0.2) is 42.5 Å². The van der Waals surface area contributed by atoms with Gasteiger partial charge in [-0.25, -0.2) is 0 Å². The van der Waals surface area contributed by atoms with Gasteiger partial charge >= 0.3 is 0 Å². The van der Waals surface area contributed by atoms with Crippen LogP contribution in [0.2, 0.25) is 0 Å². The zero-order valence-electron chi connectivity index (χ0n) is 17.5. The second-order valence-corrected chi connectivity index (χ2v) is 7.69. The van der Waals surface area contributed by atoms with Gasteiger partial charge < -0.3 is 5.73 Å². The van der Waals surface area contributed by atoms with E-state index in [1.807, 2.05) is 30.3 Å². The largest absolute Gasteiger partial charge is 0.318 e. The second-order valence-electron chi connectivity index (χ2n) is 7.69. The summed E-state index contributed by atoms with van der Waals surface area (Å²) in [4.78, 5) is 12.1. The number of rotatable bonds is 17. The fourth-order valence-corrected chi connectivity index (χ4v) is 3.37. The fraction of sp³-hybridized carbons (Fsp3) is 0.640. The fourth-order valence-electron chi connectivity index (χ4n) is 3.37. The van der Waals surface area contributed by atoms with Crippen molar-refractivity contribution in [3.8, 4) is 0 Å². The van der Waals surface area contributed by atoms with Crippen LogP contribution in [0.3, 0.4) is 0 Å². The molecule has 0 radical (unpaired) electrons. The number of benzene rings is 1. The van der Waals surface area contributed by atoms with Crippen LogP contribution in [0.5, 0.6) is 0 Å². The summed E-state index contributed by atoms with van der Waals surface area (Å²) in [5.41, 5.74) is 6.97. The van der Waals surface area contributed by atoms with E-state index in [2.05, 4.69) is 19.1 Å². The van der Waals surface area contributed by atoms with Crippen LogP contribution in [0.4, 0.5) is 0 Å².